The molecule has 7 nitrogen and oxygen atoms in total. The van der Waals surface area contributed by atoms with Gasteiger partial charge in [-0.1, -0.05) is 24.0 Å². The molecule has 0 saturated carbocycles. The van der Waals surface area contributed by atoms with Crippen LogP contribution in [0.4, 0.5) is 5.82 Å². The summed E-state index contributed by atoms with van der Waals surface area (Å²) in [4.78, 5) is 4.31. The van der Waals surface area contributed by atoms with Crippen LogP contribution in [0, 0.1) is 11.8 Å². The Labute approximate surface area is 188 Å². The molecule has 3 aromatic rings. The molecule has 0 unspecified atom stereocenters. The zero-order valence-electron chi connectivity index (χ0n) is 18.4. The maximum Gasteiger partial charge on any atom is 0.166 e. The average Bonchev–Trinajstić information content (AvgIpc) is 3.28. The average molecular weight is 433 g/mol. The smallest absolute Gasteiger partial charge is 0.166 e. The van der Waals surface area contributed by atoms with Gasteiger partial charge in [-0.15, -0.1) is 0 Å². The second-order valence-corrected chi connectivity index (χ2v) is 8.46. The van der Waals surface area contributed by atoms with Crippen molar-refractivity contribution in [3.63, 3.8) is 0 Å². The highest BCUT2D eigenvalue weighted by Crippen LogP contribution is 2.29. The Balaban J connectivity index is 1.47. The van der Waals surface area contributed by atoms with Crippen molar-refractivity contribution in [2.24, 2.45) is 0 Å². The van der Waals surface area contributed by atoms with Gasteiger partial charge in [0.25, 0.3) is 0 Å². The van der Waals surface area contributed by atoms with Gasteiger partial charge in [-0.25, -0.2) is 4.98 Å². The van der Waals surface area contributed by atoms with E-state index in [1.807, 2.05) is 47.4 Å². The molecular formula is C25H28N4O3. The molecule has 166 valence electrons. The Morgan fingerprint density at radius 3 is 2.81 bits per heavy atom. The van der Waals surface area contributed by atoms with E-state index in [0.717, 1.165) is 48.3 Å². The first kappa shape index (κ1) is 21.9. The number of aromatic nitrogens is 3. The zero-order valence-corrected chi connectivity index (χ0v) is 18.4. The first-order valence-corrected chi connectivity index (χ1v) is 10.7. The van der Waals surface area contributed by atoms with Crippen molar-refractivity contribution >= 4 is 5.82 Å². The fourth-order valence-corrected chi connectivity index (χ4v) is 3.49. The molecule has 0 amide bonds. The molecule has 3 N–H and O–H groups in total. The van der Waals surface area contributed by atoms with Gasteiger partial charge in [0.15, 0.2) is 11.6 Å². The van der Waals surface area contributed by atoms with Gasteiger partial charge < -0.3 is 20.3 Å². The van der Waals surface area contributed by atoms with E-state index in [1.165, 1.54) is 0 Å². The third-order valence-electron chi connectivity index (χ3n) is 5.22. The summed E-state index contributed by atoms with van der Waals surface area (Å²) in [5.74, 6) is 6.66. The van der Waals surface area contributed by atoms with Crippen molar-refractivity contribution in [1.82, 2.24) is 14.8 Å². The van der Waals surface area contributed by atoms with Gasteiger partial charge in [0.2, 0.25) is 0 Å². The standard InChI is InChI=1S/C25H28N4O3/c1-25(2,30)9-6-18-4-3-5-19(12-18)17-32-23-13-20(14-27-24(23)26)21-15-28-29(16-21)22-7-10-31-11-8-22/h3-5,12-16,22,30H,7-8,10-11,17H2,1-2H3,(H2,26,27). The number of rotatable bonds is 5. The summed E-state index contributed by atoms with van der Waals surface area (Å²) in [7, 11) is 0. The minimum absolute atomic E-state index is 0.328. The summed E-state index contributed by atoms with van der Waals surface area (Å²) < 4.78 is 13.4. The molecular weight excluding hydrogens is 404 g/mol. The lowest BCUT2D eigenvalue weighted by Crippen LogP contribution is -2.19. The summed E-state index contributed by atoms with van der Waals surface area (Å²) in [5, 5.41) is 14.3. The molecule has 1 saturated heterocycles. The molecule has 0 bridgehead atoms. The van der Waals surface area contributed by atoms with E-state index in [0.29, 0.717) is 24.2 Å². The zero-order chi connectivity index (χ0) is 22.6. The molecule has 7 heteroatoms. The van der Waals surface area contributed by atoms with Crippen molar-refractivity contribution in [3.05, 3.63) is 60.0 Å². The van der Waals surface area contributed by atoms with Crippen molar-refractivity contribution in [1.29, 1.82) is 0 Å². The van der Waals surface area contributed by atoms with Gasteiger partial charge in [-0.05, 0) is 50.5 Å². The van der Waals surface area contributed by atoms with Gasteiger partial charge in [0.05, 0.1) is 12.2 Å². The number of nitrogens with two attached hydrogens (primary N) is 1. The predicted octanol–water partition coefficient (Wildman–Crippen LogP) is 3.58. The SMILES string of the molecule is CC(C)(O)C#Cc1cccc(COc2cc(-c3cnn(C4CCOCC4)c3)cnc2N)c1. The number of nitrogen functional groups attached to an aromatic ring is 1. The van der Waals surface area contributed by atoms with Crippen molar-refractivity contribution in [2.75, 3.05) is 18.9 Å². The summed E-state index contributed by atoms with van der Waals surface area (Å²) in [6.45, 7) is 5.18. The molecule has 0 atom stereocenters. The van der Waals surface area contributed by atoms with Gasteiger partial charge in [-0.2, -0.15) is 5.10 Å². The minimum Gasteiger partial charge on any atom is -0.485 e. The van der Waals surface area contributed by atoms with E-state index >= 15 is 0 Å². The first-order chi connectivity index (χ1) is 15.4. The van der Waals surface area contributed by atoms with Crippen LogP contribution in [0.5, 0.6) is 5.75 Å². The van der Waals surface area contributed by atoms with Gasteiger partial charge in [0, 0.05) is 42.3 Å². The van der Waals surface area contributed by atoms with Crippen LogP contribution in [-0.4, -0.2) is 38.7 Å². The lowest BCUT2D eigenvalue weighted by Gasteiger charge is -2.22. The van der Waals surface area contributed by atoms with Gasteiger partial charge in [0.1, 0.15) is 12.2 Å². The molecule has 32 heavy (non-hydrogen) atoms. The molecule has 1 aliphatic heterocycles. The van der Waals surface area contributed by atoms with E-state index < -0.39 is 5.60 Å². The molecule has 3 heterocycles. The lowest BCUT2D eigenvalue weighted by molar-refractivity contribution is 0.0662. The van der Waals surface area contributed by atoms with E-state index in [2.05, 4.69) is 21.9 Å². The number of pyridine rings is 1. The quantitative estimate of drug-likeness (QED) is 0.599. The maximum atomic E-state index is 9.80. The van der Waals surface area contributed by atoms with Crippen LogP contribution < -0.4 is 10.5 Å². The fourth-order valence-electron chi connectivity index (χ4n) is 3.49. The highest BCUT2D eigenvalue weighted by Gasteiger charge is 2.17. The number of benzene rings is 1. The summed E-state index contributed by atoms with van der Waals surface area (Å²) in [6.07, 6.45) is 7.55. The summed E-state index contributed by atoms with van der Waals surface area (Å²) in [6, 6.07) is 9.96. The monoisotopic (exact) mass is 432 g/mol. The van der Waals surface area contributed by atoms with Crippen LogP contribution in [-0.2, 0) is 11.3 Å². The summed E-state index contributed by atoms with van der Waals surface area (Å²) >= 11 is 0. The molecule has 4 rings (SSSR count). The van der Waals surface area contributed by atoms with Crippen LogP contribution in [0.1, 0.15) is 43.9 Å². The molecule has 1 fully saturated rings. The van der Waals surface area contributed by atoms with E-state index in [1.54, 1.807) is 20.0 Å². The summed E-state index contributed by atoms with van der Waals surface area (Å²) in [5.41, 5.74) is 8.65. The molecule has 0 radical (unpaired) electrons. The number of aliphatic hydroxyl groups is 1. The fraction of sp³-hybridized carbons (Fsp3) is 0.360. The molecule has 0 spiro atoms. The Morgan fingerprint density at radius 2 is 2.03 bits per heavy atom. The number of hydrogen-bond acceptors (Lipinski definition) is 6. The van der Waals surface area contributed by atoms with Crippen LogP contribution >= 0.6 is 0 Å². The largest absolute Gasteiger partial charge is 0.485 e. The topological polar surface area (TPSA) is 95.4 Å². The third kappa shape index (κ3) is 5.67. The Hall–Kier alpha value is -3.34. The molecule has 1 aromatic carbocycles. The normalized spacial score (nSPS) is 14.6. The number of ether oxygens (including phenoxy) is 2. The van der Waals surface area contributed by atoms with E-state index in [9.17, 15) is 5.11 Å². The third-order valence-corrected chi connectivity index (χ3v) is 5.22. The number of hydrogen-bond donors (Lipinski definition) is 2. The highest BCUT2D eigenvalue weighted by atomic mass is 16.5. The Kier molecular flexibility index (Phi) is 6.45. The van der Waals surface area contributed by atoms with E-state index in [-0.39, 0.29) is 0 Å². The lowest BCUT2D eigenvalue weighted by atomic mass is 10.1. The van der Waals surface area contributed by atoms with Crippen LogP contribution in [0.25, 0.3) is 11.1 Å². The predicted molar refractivity (Wildman–Crippen MR) is 123 cm³/mol. The van der Waals surface area contributed by atoms with Gasteiger partial charge >= 0.3 is 0 Å². The molecule has 2 aromatic heterocycles. The molecule has 1 aliphatic rings. The van der Waals surface area contributed by atoms with Crippen LogP contribution in [0.15, 0.2) is 48.9 Å². The molecule has 0 aliphatic carbocycles. The van der Waals surface area contributed by atoms with Crippen molar-refractivity contribution in [3.8, 4) is 28.7 Å². The second-order valence-electron chi connectivity index (χ2n) is 8.46. The van der Waals surface area contributed by atoms with E-state index in [4.69, 9.17) is 15.2 Å². The van der Waals surface area contributed by atoms with Crippen LogP contribution in [0.2, 0.25) is 0 Å². The minimum atomic E-state index is -1.04. The van der Waals surface area contributed by atoms with Crippen LogP contribution in [0.3, 0.4) is 0 Å². The Morgan fingerprint density at radius 1 is 1.22 bits per heavy atom. The van der Waals surface area contributed by atoms with Crippen molar-refractivity contribution < 1.29 is 14.6 Å². The maximum absolute atomic E-state index is 9.80. The first-order valence-electron chi connectivity index (χ1n) is 10.7. The number of anilines is 1. The highest BCUT2D eigenvalue weighted by molar-refractivity contribution is 5.65. The second kappa shape index (κ2) is 9.43. The number of nitrogens with zero attached hydrogens (tertiary/aromatic N) is 3. The van der Waals surface area contributed by atoms with Gasteiger partial charge in [-0.3, -0.25) is 4.68 Å². The van der Waals surface area contributed by atoms with Crippen molar-refractivity contribution in [2.45, 2.75) is 44.9 Å². The Bertz CT molecular complexity index is 1130.